The van der Waals surface area contributed by atoms with E-state index in [-0.39, 0.29) is 22.6 Å². The molecule has 7 heteroatoms. The Bertz CT molecular complexity index is 628. The summed E-state index contributed by atoms with van der Waals surface area (Å²) in [5.41, 5.74) is -0.322. The highest BCUT2D eigenvalue weighted by atomic mass is 32.2. The predicted molar refractivity (Wildman–Crippen MR) is 87.3 cm³/mol. The van der Waals surface area contributed by atoms with Crippen LogP contribution in [-0.4, -0.2) is 43.2 Å². The molecule has 1 spiro atoms. The van der Waals surface area contributed by atoms with Gasteiger partial charge < -0.3 is 4.84 Å². The van der Waals surface area contributed by atoms with Gasteiger partial charge in [0.25, 0.3) is 5.91 Å². The Balaban J connectivity index is 1.79. The first-order valence-corrected chi connectivity index (χ1v) is 10.1. The van der Waals surface area contributed by atoms with Crippen LogP contribution in [0.25, 0.3) is 0 Å². The largest absolute Gasteiger partial charge is 0.396 e. The molecule has 3 fully saturated rings. The van der Waals surface area contributed by atoms with Gasteiger partial charge in [0.05, 0.1) is 11.8 Å². The summed E-state index contributed by atoms with van der Waals surface area (Å²) < 4.78 is 26.3. The maximum Gasteiger partial charge on any atom is 0.282 e. The third-order valence-corrected chi connectivity index (χ3v) is 8.37. The molecule has 1 saturated heterocycles. The summed E-state index contributed by atoms with van der Waals surface area (Å²) in [7, 11) is -3.57. The van der Waals surface area contributed by atoms with Gasteiger partial charge in [-0.1, -0.05) is 32.3 Å². The fourth-order valence-electron chi connectivity index (χ4n) is 4.98. The lowest BCUT2D eigenvalue weighted by molar-refractivity contribution is -0.121. The molecular formula is C16H26N2O4S. The van der Waals surface area contributed by atoms with Crippen molar-refractivity contribution < 1.29 is 18.0 Å². The van der Waals surface area contributed by atoms with E-state index in [0.29, 0.717) is 12.5 Å². The number of hydrogen-bond acceptors (Lipinski definition) is 5. The maximum atomic E-state index is 12.6. The summed E-state index contributed by atoms with van der Waals surface area (Å²) in [4.78, 5) is 17.4. The number of carbonyl (C=O) groups excluding carboxylic acids is 1. The fourth-order valence-corrected chi connectivity index (χ4v) is 7.48. The van der Waals surface area contributed by atoms with Crippen LogP contribution in [0.1, 0.15) is 52.9 Å². The average Bonchev–Trinajstić information content (AvgIpc) is 2.93. The first kappa shape index (κ1) is 16.7. The third-order valence-electron chi connectivity index (χ3n) is 6.46. The van der Waals surface area contributed by atoms with Crippen LogP contribution in [0.5, 0.6) is 0 Å². The molecule has 3 aliphatic rings. The molecule has 23 heavy (non-hydrogen) atoms. The van der Waals surface area contributed by atoms with Crippen LogP contribution in [0, 0.1) is 16.7 Å². The van der Waals surface area contributed by atoms with Gasteiger partial charge >= 0.3 is 0 Å². The van der Waals surface area contributed by atoms with Crippen LogP contribution in [0.3, 0.4) is 0 Å². The van der Waals surface area contributed by atoms with Crippen LogP contribution >= 0.6 is 0 Å². The molecule has 1 aliphatic heterocycles. The molecule has 2 saturated carbocycles. The normalized spacial score (nSPS) is 36.6. The quantitative estimate of drug-likeness (QED) is 0.436. The number of fused-ring (bicyclic) bond motifs is 1. The van der Waals surface area contributed by atoms with Crippen molar-refractivity contribution in [2.45, 2.75) is 58.9 Å². The Kier molecular flexibility index (Phi) is 3.98. The Morgan fingerprint density at radius 1 is 1.43 bits per heavy atom. The molecule has 3 atom stereocenters. The molecular weight excluding hydrogens is 316 g/mol. The van der Waals surface area contributed by atoms with E-state index in [1.165, 1.54) is 0 Å². The number of sulfonamides is 1. The zero-order valence-electron chi connectivity index (χ0n) is 14.1. The Labute approximate surface area is 138 Å². The van der Waals surface area contributed by atoms with E-state index < -0.39 is 15.9 Å². The van der Waals surface area contributed by atoms with Crippen molar-refractivity contribution in [2.75, 3.05) is 12.4 Å². The highest BCUT2D eigenvalue weighted by Crippen LogP contribution is 2.69. The Morgan fingerprint density at radius 2 is 2.17 bits per heavy atom. The standard InChI is InChI=1S/C16H26N2O4S/c1-4-5-8-22-17-10-14(19)18-13-9-12-6-7-16(13,15(12,2)3)11-23(18,20)21/h10,12-13H,4-9,11H2,1-3H3/b17-10+. The molecule has 6 nitrogen and oxygen atoms in total. The minimum Gasteiger partial charge on any atom is -0.396 e. The fraction of sp³-hybridized carbons (Fsp3) is 0.875. The number of carbonyl (C=O) groups is 1. The van der Waals surface area contributed by atoms with Gasteiger partial charge in [-0.05, 0) is 37.0 Å². The second-order valence-electron chi connectivity index (χ2n) is 7.68. The highest BCUT2D eigenvalue weighted by Gasteiger charge is 2.72. The second-order valence-corrected chi connectivity index (χ2v) is 9.52. The van der Waals surface area contributed by atoms with E-state index in [0.717, 1.165) is 42.6 Å². The molecule has 0 aromatic rings. The Hall–Kier alpha value is -1.11. The van der Waals surface area contributed by atoms with Gasteiger partial charge in [-0.15, -0.1) is 0 Å². The van der Waals surface area contributed by atoms with E-state index in [1.54, 1.807) is 0 Å². The van der Waals surface area contributed by atoms with Gasteiger partial charge in [-0.3, -0.25) is 4.79 Å². The van der Waals surface area contributed by atoms with Crippen molar-refractivity contribution in [3.05, 3.63) is 0 Å². The Morgan fingerprint density at radius 3 is 2.83 bits per heavy atom. The lowest BCUT2D eigenvalue weighted by Gasteiger charge is -2.36. The van der Waals surface area contributed by atoms with Gasteiger partial charge in [0.2, 0.25) is 10.0 Å². The summed E-state index contributed by atoms with van der Waals surface area (Å²) in [5.74, 6) is 0.0209. The van der Waals surface area contributed by atoms with Crippen molar-refractivity contribution in [3.8, 4) is 0 Å². The molecule has 0 radical (unpaired) electrons. The van der Waals surface area contributed by atoms with Gasteiger partial charge in [-0.2, -0.15) is 0 Å². The lowest BCUT2D eigenvalue weighted by atomic mass is 9.69. The van der Waals surface area contributed by atoms with Crippen LogP contribution in [0.15, 0.2) is 5.16 Å². The second kappa shape index (κ2) is 5.46. The zero-order valence-corrected chi connectivity index (χ0v) is 14.9. The number of unbranched alkanes of at least 4 members (excludes halogenated alkanes) is 1. The minimum atomic E-state index is -3.57. The van der Waals surface area contributed by atoms with Gasteiger partial charge in [0.15, 0.2) is 0 Å². The smallest absolute Gasteiger partial charge is 0.282 e. The average molecular weight is 342 g/mol. The van der Waals surface area contributed by atoms with E-state index in [2.05, 4.69) is 19.0 Å². The van der Waals surface area contributed by atoms with Crippen LogP contribution in [0.2, 0.25) is 0 Å². The number of rotatable bonds is 5. The summed E-state index contributed by atoms with van der Waals surface area (Å²) in [6, 6.07) is -0.212. The molecule has 0 aromatic heterocycles. The van der Waals surface area contributed by atoms with Crippen molar-refractivity contribution >= 4 is 22.1 Å². The molecule has 0 N–H and O–H groups in total. The van der Waals surface area contributed by atoms with Gasteiger partial charge in [-0.25, -0.2) is 12.7 Å². The summed E-state index contributed by atoms with van der Waals surface area (Å²) in [5, 5.41) is 3.65. The molecule has 3 rings (SSSR count). The lowest BCUT2D eigenvalue weighted by Crippen LogP contribution is -2.44. The van der Waals surface area contributed by atoms with E-state index in [9.17, 15) is 13.2 Å². The monoisotopic (exact) mass is 342 g/mol. The van der Waals surface area contributed by atoms with Crippen molar-refractivity contribution in [1.82, 2.24) is 4.31 Å². The van der Waals surface area contributed by atoms with Crippen LogP contribution < -0.4 is 0 Å². The van der Waals surface area contributed by atoms with Crippen LogP contribution in [0.4, 0.5) is 0 Å². The van der Waals surface area contributed by atoms with Crippen molar-refractivity contribution in [1.29, 1.82) is 0 Å². The topological polar surface area (TPSA) is 76.0 Å². The maximum absolute atomic E-state index is 12.6. The molecule has 130 valence electrons. The van der Waals surface area contributed by atoms with Gasteiger partial charge in [0.1, 0.15) is 12.8 Å². The number of oxime groups is 1. The van der Waals surface area contributed by atoms with E-state index in [1.807, 2.05) is 6.92 Å². The summed E-state index contributed by atoms with van der Waals surface area (Å²) >= 11 is 0. The third kappa shape index (κ3) is 2.30. The van der Waals surface area contributed by atoms with Gasteiger partial charge in [0, 0.05) is 5.41 Å². The predicted octanol–water partition coefficient (Wildman–Crippen LogP) is 2.16. The minimum absolute atomic E-state index is 0.0332. The van der Waals surface area contributed by atoms with E-state index >= 15 is 0 Å². The summed E-state index contributed by atoms with van der Waals surface area (Å²) in [6.45, 7) is 6.80. The molecule has 1 amide bonds. The zero-order chi connectivity index (χ0) is 16.9. The SMILES string of the molecule is CCCCO/N=C/C(=O)N1C2CC3CCC2(CS1(=O)=O)C3(C)C. The highest BCUT2D eigenvalue weighted by molar-refractivity contribution is 7.90. The number of amides is 1. The first-order valence-electron chi connectivity index (χ1n) is 8.47. The number of hydrogen-bond donors (Lipinski definition) is 0. The van der Waals surface area contributed by atoms with Crippen molar-refractivity contribution in [2.24, 2.45) is 21.9 Å². The van der Waals surface area contributed by atoms with Crippen LogP contribution in [-0.2, 0) is 19.7 Å². The molecule has 2 bridgehead atoms. The molecule has 0 aromatic carbocycles. The molecule has 3 unspecified atom stereocenters. The van der Waals surface area contributed by atoms with E-state index in [4.69, 9.17) is 4.84 Å². The van der Waals surface area contributed by atoms with Crippen molar-refractivity contribution in [3.63, 3.8) is 0 Å². The molecule has 1 heterocycles. The summed E-state index contributed by atoms with van der Waals surface area (Å²) in [6.07, 6.45) is 5.59. The number of nitrogens with zero attached hydrogens (tertiary/aromatic N) is 2. The molecule has 2 aliphatic carbocycles. The first-order chi connectivity index (χ1) is 10.8.